The summed E-state index contributed by atoms with van der Waals surface area (Å²) < 4.78 is 1.68. The van der Waals surface area contributed by atoms with Gasteiger partial charge in [-0.2, -0.15) is 5.10 Å². The lowest BCUT2D eigenvalue weighted by Crippen LogP contribution is -2.41. The van der Waals surface area contributed by atoms with Gasteiger partial charge in [0.2, 0.25) is 0 Å². The quantitative estimate of drug-likeness (QED) is 0.715. The standard InChI is InChI=1S/C20H21N5O/c1-15-12-23(2)19-8-4-3-6-16(19)13-24(15)20(26)17-10-22-25(14-17)18-7-5-9-21-11-18/h3-11,14-15H,12-13H2,1-2H3/t15-/m0/s1. The van der Waals surface area contributed by atoms with Crippen molar-refractivity contribution < 1.29 is 4.79 Å². The second kappa shape index (κ2) is 6.63. The van der Waals surface area contributed by atoms with Crippen LogP contribution in [0.15, 0.2) is 61.2 Å². The Kier molecular flexibility index (Phi) is 4.16. The summed E-state index contributed by atoms with van der Waals surface area (Å²) in [5.74, 6) is -0.00209. The third-order valence-electron chi connectivity index (χ3n) is 4.81. The molecule has 1 aromatic carbocycles. The minimum atomic E-state index is -0.00209. The Balaban J connectivity index is 1.63. The molecule has 6 nitrogen and oxygen atoms in total. The molecule has 0 bridgehead atoms. The summed E-state index contributed by atoms with van der Waals surface area (Å²) in [6.45, 7) is 3.48. The van der Waals surface area contributed by atoms with Crippen LogP contribution in [0.2, 0.25) is 0 Å². The Bertz CT molecular complexity index is 921. The molecule has 0 saturated carbocycles. The first-order valence-corrected chi connectivity index (χ1v) is 8.68. The van der Waals surface area contributed by atoms with Crippen molar-refractivity contribution in [3.05, 3.63) is 72.3 Å². The van der Waals surface area contributed by atoms with Crippen LogP contribution in [0.25, 0.3) is 5.69 Å². The number of carbonyl (C=O) groups is 1. The first kappa shape index (κ1) is 16.3. The summed E-state index contributed by atoms with van der Waals surface area (Å²) in [6.07, 6.45) is 6.84. The van der Waals surface area contributed by atoms with Crippen molar-refractivity contribution in [2.75, 3.05) is 18.5 Å². The Labute approximate surface area is 152 Å². The monoisotopic (exact) mass is 347 g/mol. The minimum Gasteiger partial charge on any atom is -0.372 e. The predicted octanol–water partition coefficient (Wildman–Crippen LogP) is 2.75. The summed E-state index contributed by atoms with van der Waals surface area (Å²) in [5.41, 5.74) is 3.76. The normalized spacial score (nSPS) is 16.9. The van der Waals surface area contributed by atoms with Gasteiger partial charge in [-0.3, -0.25) is 9.78 Å². The predicted molar refractivity (Wildman–Crippen MR) is 100 cm³/mol. The Morgan fingerprint density at radius 2 is 2.00 bits per heavy atom. The van der Waals surface area contributed by atoms with E-state index in [2.05, 4.69) is 41.1 Å². The Morgan fingerprint density at radius 3 is 2.81 bits per heavy atom. The number of rotatable bonds is 2. The highest BCUT2D eigenvalue weighted by Gasteiger charge is 2.28. The van der Waals surface area contributed by atoms with E-state index in [4.69, 9.17) is 0 Å². The van der Waals surface area contributed by atoms with E-state index in [0.29, 0.717) is 12.1 Å². The zero-order valence-electron chi connectivity index (χ0n) is 14.9. The van der Waals surface area contributed by atoms with Crippen LogP contribution in [0.4, 0.5) is 5.69 Å². The van der Waals surface area contributed by atoms with Crippen molar-refractivity contribution in [1.29, 1.82) is 0 Å². The van der Waals surface area contributed by atoms with Gasteiger partial charge in [-0.25, -0.2) is 4.68 Å². The van der Waals surface area contributed by atoms with Crippen LogP contribution in [0.5, 0.6) is 0 Å². The highest BCUT2D eigenvalue weighted by Crippen LogP contribution is 2.27. The Hall–Kier alpha value is -3.15. The fraction of sp³-hybridized carbons (Fsp3) is 0.250. The van der Waals surface area contributed by atoms with Gasteiger partial charge in [0.1, 0.15) is 0 Å². The maximum absolute atomic E-state index is 13.2. The molecule has 0 aliphatic carbocycles. The first-order chi connectivity index (χ1) is 12.6. The van der Waals surface area contributed by atoms with E-state index in [1.54, 1.807) is 29.5 Å². The summed E-state index contributed by atoms with van der Waals surface area (Å²) in [4.78, 5) is 21.4. The highest BCUT2D eigenvalue weighted by atomic mass is 16.2. The Morgan fingerprint density at radius 1 is 1.15 bits per heavy atom. The van der Waals surface area contributed by atoms with Crippen molar-refractivity contribution in [3.8, 4) is 5.69 Å². The van der Waals surface area contributed by atoms with Crippen LogP contribution in [0.1, 0.15) is 22.8 Å². The van der Waals surface area contributed by atoms with Crippen molar-refractivity contribution in [2.24, 2.45) is 0 Å². The van der Waals surface area contributed by atoms with E-state index >= 15 is 0 Å². The van der Waals surface area contributed by atoms with Crippen molar-refractivity contribution in [1.82, 2.24) is 19.7 Å². The molecule has 1 aliphatic heterocycles. The zero-order chi connectivity index (χ0) is 18.1. The molecule has 0 saturated heterocycles. The molecule has 3 heterocycles. The van der Waals surface area contributed by atoms with Gasteiger partial charge in [-0.15, -0.1) is 0 Å². The molecule has 3 aromatic rings. The van der Waals surface area contributed by atoms with Gasteiger partial charge in [0.15, 0.2) is 0 Å². The molecule has 0 unspecified atom stereocenters. The fourth-order valence-corrected chi connectivity index (χ4v) is 3.45. The second-order valence-electron chi connectivity index (χ2n) is 6.68. The van der Waals surface area contributed by atoms with Crippen molar-refractivity contribution in [3.63, 3.8) is 0 Å². The molecule has 1 atom stereocenters. The van der Waals surface area contributed by atoms with E-state index in [-0.39, 0.29) is 11.9 Å². The van der Waals surface area contributed by atoms with E-state index < -0.39 is 0 Å². The molecule has 26 heavy (non-hydrogen) atoms. The van der Waals surface area contributed by atoms with Gasteiger partial charge in [0.05, 0.1) is 23.6 Å². The van der Waals surface area contributed by atoms with Crippen LogP contribution >= 0.6 is 0 Å². The maximum atomic E-state index is 13.2. The fourth-order valence-electron chi connectivity index (χ4n) is 3.45. The van der Waals surface area contributed by atoms with Crippen LogP contribution in [-0.4, -0.2) is 45.2 Å². The number of likely N-dealkylation sites (N-methyl/N-ethyl adjacent to an activating group) is 1. The maximum Gasteiger partial charge on any atom is 0.257 e. The third kappa shape index (κ3) is 2.94. The largest absolute Gasteiger partial charge is 0.372 e. The SMILES string of the molecule is C[C@H]1CN(C)c2ccccc2CN1C(=O)c1cnn(-c2cccnc2)c1. The number of anilines is 1. The van der Waals surface area contributed by atoms with E-state index in [0.717, 1.165) is 17.8 Å². The van der Waals surface area contributed by atoms with Gasteiger partial charge in [-0.1, -0.05) is 18.2 Å². The minimum absolute atomic E-state index is 0.00209. The lowest BCUT2D eigenvalue weighted by molar-refractivity contribution is 0.0687. The van der Waals surface area contributed by atoms with E-state index in [9.17, 15) is 4.79 Å². The number of benzene rings is 1. The molecule has 0 spiro atoms. The number of para-hydroxylation sites is 1. The summed E-state index contributed by atoms with van der Waals surface area (Å²) in [7, 11) is 2.07. The van der Waals surface area contributed by atoms with E-state index in [1.165, 1.54) is 5.69 Å². The molecule has 1 amide bonds. The second-order valence-corrected chi connectivity index (χ2v) is 6.68. The lowest BCUT2D eigenvalue weighted by atomic mass is 10.1. The topological polar surface area (TPSA) is 54.3 Å². The number of amides is 1. The number of aromatic nitrogens is 3. The number of hydrogen-bond acceptors (Lipinski definition) is 4. The third-order valence-corrected chi connectivity index (χ3v) is 4.81. The molecular weight excluding hydrogens is 326 g/mol. The van der Waals surface area contributed by atoms with Gasteiger partial charge in [0.25, 0.3) is 5.91 Å². The van der Waals surface area contributed by atoms with Crippen LogP contribution < -0.4 is 4.90 Å². The molecular formula is C20H21N5O. The van der Waals surface area contributed by atoms with E-state index in [1.807, 2.05) is 29.2 Å². The zero-order valence-corrected chi connectivity index (χ0v) is 14.9. The molecule has 0 fully saturated rings. The van der Waals surface area contributed by atoms with Crippen LogP contribution in [0, 0.1) is 0 Å². The van der Waals surface area contributed by atoms with Gasteiger partial charge in [0, 0.05) is 44.3 Å². The number of fused-ring (bicyclic) bond motifs is 1. The van der Waals surface area contributed by atoms with Gasteiger partial charge >= 0.3 is 0 Å². The molecule has 132 valence electrons. The average Bonchev–Trinajstić information content (AvgIpc) is 3.12. The van der Waals surface area contributed by atoms with Crippen LogP contribution in [0.3, 0.4) is 0 Å². The van der Waals surface area contributed by atoms with Crippen LogP contribution in [-0.2, 0) is 6.54 Å². The van der Waals surface area contributed by atoms with Gasteiger partial charge < -0.3 is 9.80 Å². The first-order valence-electron chi connectivity index (χ1n) is 8.68. The molecule has 0 radical (unpaired) electrons. The summed E-state index contributed by atoms with van der Waals surface area (Å²) in [6, 6.07) is 12.1. The van der Waals surface area contributed by atoms with Gasteiger partial charge in [-0.05, 0) is 30.7 Å². The molecule has 6 heteroatoms. The molecule has 1 aliphatic rings. The number of hydrogen-bond donors (Lipinski definition) is 0. The number of pyridine rings is 1. The number of carbonyl (C=O) groups excluding carboxylic acids is 1. The summed E-state index contributed by atoms with van der Waals surface area (Å²) in [5, 5.41) is 4.33. The smallest absolute Gasteiger partial charge is 0.257 e. The average molecular weight is 347 g/mol. The number of nitrogens with zero attached hydrogens (tertiary/aromatic N) is 5. The molecule has 0 N–H and O–H groups in total. The summed E-state index contributed by atoms with van der Waals surface area (Å²) >= 11 is 0. The van der Waals surface area contributed by atoms with Crippen molar-refractivity contribution >= 4 is 11.6 Å². The lowest BCUT2D eigenvalue weighted by Gasteiger charge is -2.28. The molecule has 2 aromatic heterocycles. The molecule has 4 rings (SSSR count). The van der Waals surface area contributed by atoms with Crippen molar-refractivity contribution in [2.45, 2.75) is 19.5 Å². The highest BCUT2D eigenvalue weighted by molar-refractivity contribution is 5.94.